The monoisotopic (exact) mass is 327 g/mol. The third-order valence-electron chi connectivity index (χ3n) is 3.81. The van der Waals surface area contributed by atoms with E-state index < -0.39 is 0 Å². The molecule has 1 aromatic rings. The molecule has 19 heavy (non-hydrogen) atoms. The molecular weight excluding hydrogens is 306 g/mol. The molecule has 0 radical (unpaired) electrons. The van der Waals surface area contributed by atoms with Crippen molar-refractivity contribution in [1.82, 2.24) is 15.1 Å². The molecule has 0 bridgehead atoms. The van der Waals surface area contributed by atoms with Crippen molar-refractivity contribution in [2.24, 2.45) is 7.05 Å². The maximum Gasteiger partial charge on any atom is 0.138 e. The molecule has 1 unspecified atom stereocenters. The number of carbonyl (C=O) groups excluding carboxylic acids is 1. The molecule has 1 atom stereocenters. The minimum Gasteiger partial charge on any atom is -0.314 e. The van der Waals surface area contributed by atoms with Gasteiger partial charge in [0.1, 0.15) is 5.78 Å². The van der Waals surface area contributed by atoms with Crippen molar-refractivity contribution < 1.29 is 4.79 Å². The van der Waals surface area contributed by atoms with E-state index in [1.54, 1.807) is 4.68 Å². The normalized spacial score (nSPS) is 19.6. The summed E-state index contributed by atoms with van der Waals surface area (Å²) in [5.41, 5.74) is 1.93. The van der Waals surface area contributed by atoms with Crippen LogP contribution >= 0.6 is 15.9 Å². The molecule has 5 heteroatoms. The Morgan fingerprint density at radius 1 is 1.53 bits per heavy atom. The summed E-state index contributed by atoms with van der Waals surface area (Å²) in [6.07, 6.45) is 5.87. The van der Waals surface area contributed by atoms with Crippen LogP contribution in [0.4, 0.5) is 0 Å². The Hall–Kier alpha value is -0.680. The second-order valence-corrected chi connectivity index (χ2v) is 6.16. The highest BCUT2D eigenvalue weighted by atomic mass is 79.9. The van der Waals surface area contributed by atoms with Crippen LogP contribution in [0.1, 0.15) is 43.5 Å². The van der Waals surface area contributed by atoms with Gasteiger partial charge in [-0.3, -0.25) is 9.48 Å². The number of ketones is 1. The van der Waals surface area contributed by atoms with Crippen molar-refractivity contribution in [1.29, 1.82) is 0 Å². The summed E-state index contributed by atoms with van der Waals surface area (Å²) in [6.45, 7) is 3.05. The SMILES string of the molecule is Cc1nn(C)c(CC(=O)CCC2CCCCN2)c1Br. The van der Waals surface area contributed by atoms with Gasteiger partial charge in [0.05, 0.1) is 15.9 Å². The van der Waals surface area contributed by atoms with Crippen molar-refractivity contribution in [3.63, 3.8) is 0 Å². The minimum absolute atomic E-state index is 0.302. The van der Waals surface area contributed by atoms with Crippen LogP contribution in [0.5, 0.6) is 0 Å². The van der Waals surface area contributed by atoms with Crippen molar-refractivity contribution >= 4 is 21.7 Å². The fraction of sp³-hybridized carbons (Fsp3) is 0.714. The molecule has 0 amide bonds. The van der Waals surface area contributed by atoms with Gasteiger partial charge >= 0.3 is 0 Å². The molecule has 1 aliphatic rings. The zero-order valence-corrected chi connectivity index (χ0v) is 13.3. The van der Waals surface area contributed by atoms with Gasteiger partial charge in [0, 0.05) is 25.9 Å². The highest BCUT2D eigenvalue weighted by Crippen LogP contribution is 2.21. The lowest BCUT2D eigenvalue weighted by molar-refractivity contribution is -0.118. The van der Waals surface area contributed by atoms with Crippen molar-refractivity contribution in [2.75, 3.05) is 6.54 Å². The minimum atomic E-state index is 0.302. The average molecular weight is 328 g/mol. The Morgan fingerprint density at radius 3 is 2.89 bits per heavy atom. The number of aryl methyl sites for hydroxylation is 2. The third kappa shape index (κ3) is 3.89. The number of nitrogens with zero attached hydrogens (tertiary/aromatic N) is 2. The van der Waals surface area contributed by atoms with E-state index in [0.29, 0.717) is 24.7 Å². The van der Waals surface area contributed by atoms with Crippen LogP contribution in [0.2, 0.25) is 0 Å². The van der Waals surface area contributed by atoms with Crippen molar-refractivity contribution in [2.45, 2.75) is 51.5 Å². The van der Waals surface area contributed by atoms with Gasteiger partial charge in [0.15, 0.2) is 0 Å². The summed E-state index contributed by atoms with van der Waals surface area (Å²) in [7, 11) is 1.89. The number of nitrogens with one attached hydrogen (secondary N) is 1. The maximum atomic E-state index is 12.1. The molecule has 1 fully saturated rings. The van der Waals surface area contributed by atoms with Crippen LogP contribution in [0.25, 0.3) is 0 Å². The first kappa shape index (κ1) is 14.7. The lowest BCUT2D eigenvalue weighted by Crippen LogP contribution is -2.34. The van der Waals surface area contributed by atoms with Gasteiger partial charge < -0.3 is 5.32 Å². The summed E-state index contributed by atoms with van der Waals surface area (Å²) in [4.78, 5) is 12.1. The zero-order valence-electron chi connectivity index (χ0n) is 11.7. The quantitative estimate of drug-likeness (QED) is 0.903. The van der Waals surface area contributed by atoms with Gasteiger partial charge in [-0.15, -0.1) is 0 Å². The maximum absolute atomic E-state index is 12.1. The number of rotatable bonds is 5. The molecule has 1 saturated heterocycles. The lowest BCUT2D eigenvalue weighted by atomic mass is 9.98. The number of aromatic nitrogens is 2. The van der Waals surface area contributed by atoms with Gasteiger partial charge in [0.25, 0.3) is 0 Å². The number of carbonyl (C=O) groups is 1. The predicted molar refractivity (Wildman–Crippen MR) is 79.2 cm³/mol. The summed E-state index contributed by atoms with van der Waals surface area (Å²) in [6, 6.07) is 0.536. The van der Waals surface area contributed by atoms with E-state index in [4.69, 9.17) is 0 Å². The van der Waals surface area contributed by atoms with Crippen LogP contribution in [0.3, 0.4) is 0 Å². The Labute approximate surface area is 123 Å². The van der Waals surface area contributed by atoms with E-state index in [2.05, 4.69) is 26.3 Å². The number of halogens is 1. The second kappa shape index (κ2) is 6.66. The van der Waals surface area contributed by atoms with E-state index in [9.17, 15) is 4.79 Å². The number of piperidine rings is 1. The van der Waals surface area contributed by atoms with Crippen LogP contribution in [-0.4, -0.2) is 28.2 Å². The van der Waals surface area contributed by atoms with Crippen LogP contribution in [0, 0.1) is 6.92 Å². The van der Waals surface area contributed by atoms with E-state index in [1.807, 2.05) is 14.0 Å². The third-order valence-corrected chi connectivity index (χ3v) is 4.84. The second-order valence-electron chi connectivity index (χ2n) is 5.37. The average Bonchev–Trinajstić information content (AvgIpc) is 2.64. The number of hydrogen-bond donors (Lipinski definition) is 1. The number of hydrogen-bond acceptors (Lipinski definition) is 3. The summed E-state index contributed by atoms with van der Waals surface area (Å²) in [5.74, 6) is 0.302. The zero-order chi connectivity index (χ0) is 13.8. The van der Waals surface area contributed by atoms with Gasteiger partial charge in [-0.1, -0.05) is 6.42 Å². The van der Waals surface area contributed by atoms with Crippen LogP contribution in [0.15, 0.2) is 4.47 Å². The Morgan fingerprint density at radius 2 is 2.32 bits per heavy atom. The van der Waals surface area contributed by atoms with Gasteiger partial charge in [-0.2, -0.15) is 5.10 Å². The molecule has 4 nitrogen and oxygen atoms in total. The molecule has 0 saturated carbocycles. The van der Waals surface area contributed by atoms with Gasteiger partial charge in [-0.25, -0.2) is 0 Å². The molecule has 106 valence electrons. The smallest absolute Gasteiger partial charge is 0.138 e. The first-order chi connectivity index (χ1) is 9.08. The molecule has 1 aromatic heterocycles. The van der Waals surface area contributed by atoms with E-state index in [-0.39, 0.29) is 0 Å². The molecule has 0 aromatic carbocycles. The lowest BCUT2D eigenvalue weighted by Gasteiger charge is -2.22. The fourth-order valence-electron chi connectivity index (χ4n) is 2.65. The highest BCUT2D eigenvalue weighted by molar-refractivity contribution is 9.10. The first-order valence-corrected chi connectivity index (χ1v) is 7.80. The van der Waals surface area contributed by atoms with Crippen molar-refractivity contribution in [3.8, 4) is 0 Å². The van der Waals surface area contributed by atoms with Gasteiger partial charge in [0.2, 0.25) is 0 Å². The summed E-state index contributed by atoms with van der Waals surface area (Å²) in [5, 5.41) is 7.81. The largest absolute Gasteiger partial charge is 0.314 e. The fourth-order valence-corrected chi connectivity index (χ4v) is 3.13. The first-order valence-electron chi connectivity index (χ1n) is 7.01. The van der Waals surface area contributed by atoms with Crippen molar-refractivity contribution in [3.05, 3.63) is 15.9 Å². The molecule has 1 N–H and O–H groups in total. The predicted octanol–water partition coefficient (Wildman–Crippen LogP) is 2.52. The Balaban J connectivity index is 1.83. The number of Topliss-reactive ketones (excluding diaryl/α,β-unsaturated/α-hetero) is 1. The molecule has 2 heterocycles. The van der Waals surface area contributed by atoms with Gasteiger partial charge in [-0.05, 0) is 48.7 Å². The molecule has 0 aliphatic carbocycles. The molecule has 2 rings (SSSR count). The molecular formula is C14H22BrN3O. The van der Waals surface area contributed by atoms with Crippen LogP contribution in [-0.2, 0) is 18.3 Å². The van der Waals surface area contributed by atoms with E-state index in [1.165, 1.54) is 19.3 Å². The van der Waals surface area contributed by atoms with E-state index in [0.717, 1.165) is 28.8 Å². The highest BCUT2D eigenvalue weighted by Gasteiger charge is 2.17. The summed E-state index contributed by atoms with van der Waals surface area (Å²) >= 11 is 3.51. The van der Waals surface area contributed by atoms with E-state index >= 15 is 0 Å². The molecule has 1 aliphatic heterocycles. The molecule has 0 spiro atoms. The van der Waals surface area contributed by atoms with Crippen LogP contribution < -0.4 is 5.32 Å². The summed E-state index contributed by atoms with van der Waals surface area (Å²) < 4.78 is 2.77. The Kier molecular flexibility index (Phi) is 5.16. The standard InChI is InChI=1S/C14H22BrN3O/c1-10-14(15)13(18(2)17-10)9-12(19)7-6-11-5-3-4-8-16-11/h11,16H,3-9H2,1-2H3. The topological polar surface area (TPSA) is 46.9 Å². The Bertz CT molecular complexity index is 450.